The van der Waals surface area contributed by atoms with Crippen molar-refractivity contribution >= 4 is 11.6 Å². The van der Waals surface area contributed by atoms with Gasteiger partial charge in [-0.15, -0.1) is 0 Å². The molecule has 0 N–H and O–H groups in total. The number of ether oxygens (including phenoxy) is 2. The van der Waals surface area contributed by atoms with Gasteiger partial charge >= 0.3 is 0 Å². The van der Waals surface area contributed by atoms with Crippen molar-refractivity contribution in [2.45, 2.75) is 25.8 Å². The van der Waals surface area contributed by atoms with Gasteiger partial charge in [0.2, 0.25) is 0 Å². The molecule has 6 nitrogen and oxygen atoms in total. The van der Waals surface area contributed by atoms with Crippen LogP contribution in [0.1, 0.15) is 35.2 Å². The van der Waals surface area contributed by atoms with Crippen LogP contribution in [0.2, 0.25) is 0 Å². The Morgan fingerprint density at radius 3 is 2.59 bits per heavy atom. The Bertz CT molecular complexity index is 961. The van der Waals surface area contributed by atoms with Gasteiger partial charge in [-0.3, -0.25) is 9.69 Å². The fourth-order valence-corrected chi connectivity index (χ4v) is 5.31. The van der Waals surface area contributed by atoms with E-state index in [4.69, 9.17) is 9.47 Å². The Labute approximate surface area is 191 Å². The number of carbonyl (C=O) groups excluding carboxylic acids is 1. The molecular formula is C26H35N3O3. The molecule has 0 aromatic heterocycles. The van der Waals surface area contributed by atoms with Crippen LogP contribution >= 0.6 is 0 Å². The van der Waals surface area contributed by atoms with E-state index in [2.05, 4.69) is 15.9 Å². The van der Waals surface area contributed by atoms with E-state index in [0.717, 1.165) is 73.9 Å². The first-order chi connectivity index (χ1) is 15.4. The molecule has 6 heteroatoms. The summed E-state index contributed by atoms with van der Waals surface area (Å²) in [4.78, 5) is 19.8. The molecule has 1 atom stereocenters. The maximum atomic E-state index is 13.2. The van der Waals surface area contributed by atoms with Gasteiger partial charge in [0.15, 0.2) is 11.5 Å². The van der Waals surface area contributed by atoms with Crippen LogP contribution in [-0.4, -0.2) is 70.2 Å². The van der Waals surface area contributed by atoms with Crippen LogP contribution < -0.4 is 14.4 Å². The molecule has 2 aliphatic rings. The quantitative estimate of drug-likeness (QED) is 0.686. The van der Waals surface area contributed by atoms with E-state index in [9.17, 15) is 4.79 Å². The maximum absolute atomic E-state index is 13.2. The van der Waals surface area contributed by atoms with Gasteiger partial charge in [-0.1, -0.05) is 18.2 Å². The second-order valence-corrected chi connectivity index (χ2v) is 9.39. The molecule has 4 rings (SSSR count). The van der Waals surface area contributed by atoms with Gasteiger partial charge in [-0.05, 0) is 50.1 Å². The lowest BCUT2D eigenvalue weighted by Crippen LogP contribution is -2.45. The van der Waals surface area contributed by atoms with Crippen molar-refractivity contribution in [2.24, 2.45) is 5.41 Å². The lowest BCUT2D eigenvalue weighted by molar-refractivity contribution is 0.0673. The lowest BCUT2D eigenvalue weighted by atomic mass is 9.79. The van der Waals surface area contributed by atoms with E-state index in [1.165, 1.54) is 6.42 Å². The molecule has 2 aromatic carbocycles. The minimum atomic E-state index is 0.150. The number of methoxy groups -OCH3 is 2. The van der Waals surface area contributed by atoms with Gasteiger partial charge in [-0.2, -0.15) is 0 Å². The van der Waals surface area contributed by atoms with E-state index in [1.807, 2.05) is 55.4 Å². The molecule has 1 spiro atoms. The molecular weight excluding hydrogens is 402 g/mol. The third-order valence-corrected chi connectivity index (χ3v) is 6.95. The summed E-state index contributed by atoms with van der Waals surface area (Å²) in [5, 5.41) is 0. The second kappa shape index (κ2) is 9.41. The normalized spacial score (nSPS) is 21.1. The summed E-state index contributed by atoms with van der Waals surface area (Å²) in [6.07, 6.45) is 3.41. The number of amides is 1. The minimum absolute atomic E-state index is 0.150. The molecule has 1 amide bonds. The molecule has 32 heavy (non-hydrogen) atoms. The number of para-hydroxylation sites is 1. The summed E-state index contributed by atoms with van der Waals surface area (Å²) in [6.45, 7) is 4.59. The van der Waals surface area contributed by atoms with Crippen molar-refractivity contribution in [3.8, 4) is 11.5 Å². The van der Waals surface area contributed by atoms with Crippen LogP contribution in [0.15, 0.2) is 42.5 Å². The maximum Gasteiger partial charge on any atom is 0.253 e. The summed E-state index contributed by atoms with van der Waals surface area (Å²) >= 11 is 0. The van der Waals surface area contributed by atoms with Gasteiger partial charge in [0.05, 0.1) is 14.2 Å². The molecule has 2 saturated heterocycles. The predicted molar refractivity (Wildman–Crippen MR) is 128 cm³/mol. The predicted octanol–water partition coefficient (Wildman–Crippen LogP) is 3.90. The number of anilines is 1. The van der Waals surface area contributed by atoms with Crippen LogP contribution in [0.3, 0.4) is 0 Å². The van der Waals surface area contributed by atoms with Crippen molar-refractivity contribution in [3.63, 3.8) is 0 Å². The number of carbonyl (C=O) groups is 1. The number of likely N-dealkylation sites (tertiary alicyclic amines) is 2. The molecule has 2 fully saturated rings. The third kappa shape index (κ3) is 4.56. The van der Waals surface area contributed by atoms with Crippen LogP contribution in [0.25, 0.3) is 0 Å². The fourth-order valence-electron chi connectivity index (χ4n) is 5.31. The van der Waals surface area contributed by atoms with Crippen molar-refractivity contribution in [2.75, 3.05) is 59.4 Å². The first kappa shape index (κ1) is 22.5. The first-order valence-electron chi connectivity index (χ1n) is 11.4. The average molecular weight is 438 g/mol. The zero-order chi connectivity index (χ0) is 22.7. The molecule has 172 valence electrons. The minimum Gasteiger partial charge on any atom is -0.493 e. The van der Waals surface area contributed by atoms with E-state index in [0.29, 0.717) is 0 Å². The fraction of sp³-hybridized carbons (Fsp3) is 0.500. The summed E-state index contributed by atoms with van der Waals surface area (Å²) in [7, 11) is 7.38. The Hall–Kier alpha value is -2.73. The molecule has 2 aliphatic heterocycles. The van der Waals surface area contributed by atoms with Crippen molar-refractivity contribution < 1.29 is 14.3 Å². The van der Waals surface area contributed by atoms with Crippen molar-refractivity contribution in [1.82, 2.24) is 9.80 Å². The SMILES string of the molecule is COc1cccc(CN2CCC[C@@]3(CCN(C(=O)c4cccc(N(C)C)c4)C3)C2)c1OC. The highest BCUT2D eigenvalue weighted by atomic mass is 16.5. The van der Waals surface area contributed by atoms with Crippen molar-refractivity contribution in [1.29, 1.82) is 0 Å². The zero-order valence-corrected chi connectivity index (χ0v) is 19.8. The second-order valence-electron chi connectivity index (χ2n) is 9.39. The molecule has 2 heterocycles. The summed E-state index contributed by atoms with van der Waals surface area (Å²) < 4.78 is 11.1. The molecule has 0 saturated carbocycles. The smallest absolute Gasteiger partial charge is 0.253 e. The van der Waals surface area contributed by atoms with Gasteiger partial charge in [0.25, 0.3) is 5.91 Å². The highest BCUT2D eigenvalue weighted by molar-refractivity contribution is 5.95. The zero-order valence-electron chi connectivity index (χ0n) is 19.8. The Morgan fingerprint density at radius 1 is 1.03 bits per heavy atom. The van der Waals surface area contributed by atoms with Gasteiger partial charge in [0, 0.05) is 62.5 Å². The van der Waals surface area contributed by atoms with Crippen LogP contribution in [-0.2, 0) is 6.54 Å². The summed E-state index contributed by atoms with van der Waals surface area (Å²) in [5.41, 5.74) is 3.16. The Kier molecular flexibility index (Phi) is 6.60. The van der Waals surface area contributed by atoms with Crippen LogP contribution in [0.5, 0.6) is 11.5 Å². The third-order valence-electron chi connectivity index (χ3n) is 6.95. The number of hydrogen-bond acceptors (Lipinski definition) is 5. The van der Waals surface area contributed by atoms with Gasteiger partial charge in [-0.25, -0.2) is 0 Å². The van der Waals surface area contributed by atoms with E-state index < -0.39 is 0 Å². The number of nitrogens with zero attached hydrogens (tertiary/aromatic N) is 3. The first-order valence-corrected chi connectivity index (χ1v) is 11.4. The standard InChI is InChI=1S/C26H35N3O3/c1-27(2)22-10-5-8-20(16-22)25(30)29-15-13-26(19-29)12-7-14-28(18-26)17-21-9-6-11-23(31-3)24(21)32-4/h5-6,8-11,16H,7,12-15,17-19H2,1-4H3/t26-/m1/s1. The Morgan fingerprint density at radius 2 is 1.84 bits per heavy atom. The van der Waals surface area contributed by atoms with E-state index in [-0.39, 0.29) is 11.3 Å². The van der Waals surface area contributed by atoms with Gasteiger partial charge in [0.1, 0.15) is 0 Å². The number of hydrogen-bond donors (Lipinski definition) is 0. The Balaban J connectivity index is 1.45. The molecule has 0 aliphatic carbocycles. The molecule has 0 unspecified atom stereocenters. The summed E-state index contributed by atoms with van der Waals surface area (Å²) in [6, 6.07) is 14.0. The molecule has 2 aromatic rings. The largest absolute Gasteiger partial charge is 0.493 e. The number of piperidine rings is 1. The highest BCUT2D eigenvalue weighted by Crippen LogP contribution is 2.41. The average Bonchev–Trinajstić information content (AvgIpc) is 3.21. The van der Waals surface area contributed by atoms with Gasteiger partial charge < -0.3 is 19.3 Å². The lowest BCUT2D eigenvalue weighted by Gasteiger charge is -2.40. The summed E-state index contributed by atoms with van der Waals surface area (Å²) in [5.74, 6) is 1.74. The molecule has 0 bridgehead atoms. The number of benzene rings is 2. The number of rotatable bonds is 6. The monoisotopic (exact) mass is 437 g/mol. The van der Waals surface area contributed by atoms with E-state index in [1.54, 1.807) is 14.2 Å². The van der Waals surface area contributed by atoms with E-state index >= 15 is 0 Å². The van der Waals surface area contributed by atoms with Crippen LogP contribution in [0.4, 0.5) is 5.69 Å². The topological polar surface area (TPSA) is 45.2 Å². The molecule has 0 radical (unpaired) electrons. The highest BCUT2D eigenvalue weighted by Gasteiger charge is 2.43. The van der Waals surface area contributed by atoms with Crippen molar-refractivity contribution in [3.05, 3.63) is 53.6 Å². The van der Waals surface area contributed by atoms with Crippen LogP contribution in [0, 0.1) is 5.41 Å².